The number of carboxylic acids is 1. The third-order valence-electron chi connectivity index (χ3n) is 1.25. The van der Waals surface area contributed by atoms with Crippen molar-refractivity contribution in [2.75, 3.05) is 7.11 Å². The molecule has 0 saturated carbocycles. The summed E-state index contributed by atoms with van der Waals surface area (Å²) in [6.45, 7) is 1.75. The minimum Gasteiger partial charge on any atom is -0.479 e. The molecule has 0 aromatic heterocycles. The number of aliphatic carboxylic acids is 1. The molecule has 1 N–H and O–H groups in total. The monoisotopic (exact) mass is 178 g/mol. The maximum absolute atomic E-state index is 10.4. The minimum absolute atomic E-state index is 0.329. The normalized spacial score (nSPS) is 14.6. The molecule has 11 heavy (non-hydrogen) atoms. The molecule has 64 valence electrons. The van der Waals surface area contributed by atoms with Crippen LogP contribution in [0.4, 0.5) is 0 Å². The molecule has 0 bridgehead atoms. The van der Waals surface area contributed by atoms with Gasteiger partial charge in [0.15, 0.2) is 6.10 Å². The lowest BCUT2D eigenvalue weighted by Crippen LogP contribution is -2.22. The average Bonchev–Trinajstić information content (AvgIpc) is 1.99. The van der Waals surface area contributed by atoms with Crippen LogP contribution in [0.5, 0.6) is 0 Å². The van der Waals surface area contributed by atoms with Gasteiger partial charge in [0.2, 0.25) is 0 Å². The van der Waals surface area contributed by atoms with Crippen LogP contribution in [0, 0.1) is 0 Å². The Bertz CT molecular complexity index is 165. The number of halogens is 1. The minimum atomic E-state index is -0.967. The highest BCUT2D eigenvalue weighted by molar-refractivity contribution is 6.25. The van der Waals surface area contributed by atoms with Gasteiger partial charge in [-0.2, -0.15) is 0 Å². The molecule has 0 heterocycles. The van der Waals surface area contributed by atoms with E-state index in [-0.39, 0.29) is 0 Å². The van der Waals surface area contributed by atoms with E-state index in [1.165, 1.54) is 12.6 Å². The summed E-state index contributed by atoms with van der Waals surface area (Å²) in [6.07, 6.45) is -0.458. The first-order valence-corrected chi connectivity index (χ1v) is 3.57. The van der Waals surface area contributed by atoms with Gasteiger partial charge in [0.25, 0.3) is 0 Å². The van der Waals surface area contributed by atoms with Crippen molar-refractivity contribution >= 4 is 17.6 Å². The van der Waals surface area contributed by atoms with E-state index in [0.717, 1.165) is 5.57 Å². The Balaban J connectivity index is 3.98. The number of hydrogen-bond acceptors (Lipinski definition) is 2. The van der Waals surface area contributed by atoms with Crippen LogP contribution in [-0.4, -0.2) is 24.3 Å². The van der Waals surface area contributed by atoms with Crippen molar-refractivity contribution in [2.24, 2.45) is 0 Å². The van der Waals surface area contributed by atoms with Crippen LogP contribution in [-0.2, 0) is 9.53 Å². The molecule has 3 nitrogen and oxygen atoms in total. The van der Waals surface area contributed by atoms with Crippen molar-refractivity contribution in [1.82, 2.24) is 0 Å². The van der Waals surface area contributed by atoms with Gasteiger partial charge in [-0.3, -0.25) is 0 Å². The Labute approximate surface area is 70.6 Å². The van der Waals surface area contributed by atoms with E-state index in [4.69, 9.17) is 16.7 Å². The van der Waals surface area contributed by atoms with Gasteiger partial charge in [-0.25, -0.2) is 4.79 Å². The Hall–Kier alpha value is -0.540. The molecule has 0 amide bonds. The molecule has 0 spiro atoms. The summed E-state index contributed by atoms with van der Waals surface area (Å²) in [7, 11) is 1.36. The van der Waals surface area contributed by atoms with Gasteiger partial charge < -0.3 is 9.84 Å². The molecular weight excluding hydrogens is 168 g/mol. The molecule has 0 rings (SSSR count). The van der Waals surface area contributed by atoms with Crippen LogP contribution in [0.3, 0.4) is 0 Å². The highest BCUT2D eigenvalue weighted by Crippen LogP contribution is 2.08. The van der Waals surface area contributed by atoms with Gasteiger partial charge in [0, 0.05) is 19.1 Å². The first-order valence-electron chi connectivity index (χ1n) is 3.13. The second-order valence-electron chi connectivity index (χ2n) is 2.22. The summed E-state index contributed by atoms with van der Waals surface area (Å²) in [5, 5.41) is 8.52. The second-order valence-corrected chi connectivity index (χ2v) is 2.44. The fourth-order valence-corrected chi connectivity index (χ4v) is 0.698. The summed E-state index contributed by atoms with van der Waals surface area (Å²) < 4.78 is 4.69. The van der Waals surface area contributed by atoms with Crippen LogP contribution in [0.15, 0.2) is 11.1 Å². The molecular formula is C7H11ClO3. The fraction of sp³-hybridized carbons (Fsp3) is 0.571. The largest absolute Gasteiger partial charge is 0.479 e. The number of methoxy groups -OCH3 is 1. The van der Waals surface area contributed by atoms with E-state index >= 15 is 0 Å². The van der Waals surface area contributed by atoms with Crippen LogP contribution >= 0.6 is 11.6 Å². The molecule has 1 atom stereocenters. The Morgan fingerprint density at radius 1 is 1.82 bits per heavy atom. The number of carbonyl (C=O) groups is 1. The highest BCUT2D eigenvalue weighted by Gasteiger charge is 2.15. The van der Waals surface area contributed by atoms with Crippen LogP contribution in [0.2, 0.25) is 0 Å². The molecule has 0 saturated heterocycles. The van der Waals surface area contributed by atoms with Crippen molar-refractivity contribution < 1.29 is 14.6 Å². The Morgan fingerprint density at radius 2 is 2.36 bits per heavy atom. The SMILES string of the molecule is COC(C/C(C)=C\Cl)C(=O)O. The molecule has 4 heteroatoms. The summed E-state index contributed by atoms with van der Waals surface area (Å²) in [5.74, 6) is -0.967. The predicted octanol–water partition coefficient (Wildman–Crippen LogP) is 1.62. The van der Waals surface area contributed by atoms with Crippen molar-refractivity contribution in [3.63, 3.8) is 0 Å². The zero-order valence-electron chi connectivity index (χ0n) is 6.50. The predicted molar refractivity (Wildman–Crippen MR) is 42.7 cm³/mol. The third kappa shape index (κ3) is 4.01. The lowest BCUT2D eigenvalue weighted by Gasteiger charge is -2.08. The molecule has 0 fully saturated rings. The Morgan fingerprint density at radius 3 is 2.64 bits per heavy atom. The zero-order valence-corrected chi connectivity index (χ0v) is 7.26. The van der Waals surface area contributed by atoms with Crippen molar-refractivity contribution in [2.45, 2.75) is 19.4 Å². The first kappa shape index (κ1) is 10.5. The maximum atomic E-state index is 10.4. The standard InChI is InChI=1S/C7H11ClO3/c1-5(4-8)3-6(11-2)7(9)10/h4,6H,3H2,1-2H3,(H,9,10)/b5-4-. The van der Waals surface area contributed by atoms with Gasteiger partial charge in [-0.05, 0) is 6.92 Å². The number of ether oxygens (including phenoxy) is 1. The summed E-state index contributed by atoms with van der Waals surface area (Å²) >= 11 is 5.35. The van der Waals surface area contributed by atoms with Crippen LogP contribution < -0.4 is 0 Å². The first-order chi connectivity index (χ1) is 5.11. The lowest BCUT2D eigenvalue weighted by atomic mass is 10.1. The number of hydrogen-bond donors (Lipinski definition) is 1. The third-order valence-corrected chi connectivity index (χ3v) is 1.63. The number of rotatable bonds is 4. The second kappa shape index (κ2) is 5.16. The zero-order chi connectivity index (χ0) is 8.85. The van der Waals surface area contributed by atoms with E-state index < -0.39 is 12.1 Å². The van der Waals surface area contributed by atoms with E-state index in [9.17, 15) is 4.79 Å². The maximum Gasteiger partial charge on any atom is 0.333 e. The van der Waals surface area contributed by atoms with Crippen LogP contribution in [0.25, 0.3) is 0 Å². The number of carboxylic acid groups (broad SMARTS) is 1. The highest BCUT2D eigenvalue weighted by atomic mass is 35.5. The molecule has 1 unspecified atom stereocenters. The summed E-state index contributed by atoms with van der Waals surface area (Å²) in [4.78, 5) is 10.4. The van der Waals surface area contributed by atoms with Gasteiger partial charge in [-0.15, -0.1) is 0 Å². The van der Waals surface area contributed by atoms with E-state index in [2.05, 4.69) is 4.74 Å². The molecule has 0 radical (unpaired) electrons. The Kier molecular flexibility index (Phi) is 4.90. The summed E-state index contributed by atoms with van der Waals surface area (Å²) in [5.41, 5.74) is 2.15. The van der Waals surface area contributed by atoms with E-state index in [1.54, 1.807) is 6.92 Å². The quantitative estimate of drug-likeness (QED) is 0.712. The van der Waals surface area contributed by atoms with E-state index in [1.807, 2.05) is 0 Å². The summed E-state index contributed by atoms with van der Waals surface area (Å²) in [6, 6.07) is 0. The molecule has 0 aromatic carbocycles. The molecule has 0 aliphatic rings. The van der Waals surface area contributed by atoms with Gasteiger partial charge >= 0.3 is 5.97 Å². The lowest BCUT2D eigenvalue weighted by molar-refractivity contribution is -0.148. The molecule has 0 aliphatic heterocycles. The van der Waals surface area contributed by atoms with Gasteiger partial charge in [-0.1, -0.05) is 17.2 Å². The van der Waals surface area contributed by atoms with E-state index in [0.29, 0.717) is 6.42 Å². The van der Waals surface area contributed by atoms with Crippen LogP contribution in [0.1, 0.15) is 13.3 Å². The van der Waals surface area contributed by atoms with Crippen molar-refractivity contribution in [3.8, 4) is 0 Å². The average molecular weight is 179 g/mol. The molecule has 0 aliphatic carbocycles. The van der Waals surface area contributed by atoms with Crippen molar-refractivity contribution in [3.05, 3.63) is 11.1 Å². The topological polar surface area (TPSA) is 46.5 Å². The smallest absolute Gasteiger partial charge is 0.333 e. The molecule has 0 aromatic rings. The fourth-order valence-electron chi connectivity index (χ4n) is 0.608. The van der Waals surface area contributed by atoms with Gasteiger partial charge in [0.05, 0.1) is 0 Å². The van der Waals surface area contributed by atoms with Gasteiger partial charge in [0.1, 0.15) is 0 Å². The van der Waals surface area contributed by atoms with Crippen molar-refractivity contribution in [1.29, 1.82) is 0 Å².